The molecule has 35 heavy (non-hydrogen) atoms. The Morgan fingerprint density at radius 2 is 1.40 bits per heavy atom. The Kier molecular flexibility index (Phi) is 7.01. The molecule has 1 aliphatic rings. The number of carbonyl (C=O) groups excluding carboxylic acids is 3. The second-order valence-electron chi connectivity index (χ2n) is 9.07. The van der Waals surface area contributed by atoms with Crippen LogP contribution in [0.15, 0.2) is 66.7 Å². The zero-order valence-electron chi connectivity index (χ0n) is 20.4. The average molecular weight is 472 g/mol. The molecule has 0 fully saturated rings. The molecule has 0 aliphatic carbocycles. The molecule has 1 heterocycles. The topological polar surface area (TPSA) is 72.9 Å². The van der Waals surface area contributed by atoms with Gasteiger partial charge in [-0.05, 0) is 47.2 Å². The molecule has 4 rings (SSSR count). The molecular weight excluding hydrogens is 442 g/mol. The van der Waals surface area contributed by atoms with Gasteiger partial charge < -0.3 is 9.47 Å². The van der Waals surface area contributed by atoms with E-state index in [4.69, 9.17) is 9.47 Å². The fourth-order valence-electron chi connectivity index (χ4n) is 4.32. The summed E-state index contributed by atoms with van der Waals surface area (Å²) in [5.41, 5.74) is 2.80. The molecule has 0 saturated carbocycles. The highest BCUT2D eigenvalue weighted by Gasteiger charge is 2.42. The quantitative estimate of drug-likeness (QED) is 0.230. The molecule has 0 radical (unpaired) electrons. The van der Waals surface area contributed by atoms with E-state index in [1.54, 1.807) is 12.1 Å². The van der Waals surface area contributed by atoms with Gasteiger partial charge in [-0.15, -0.1) is 0 Å². The second-order valence-corrected chi connectivity index (χ2v) is 9.07. The van der Waals surface area contributed by atoms with E-state index in [-0.39, 0.29) is 41.7 Å². The van der Waals surface area contributed by atoms with E-state index < -0.39 is 17.8 Å². The summed E-state index contributed by atoms with van der Waals surface area (Å²) >= 11 is 0. The van der Waals surface area contributed by atoms with Crippen LogP contribution < -0.4 is 9.64 Å². The maximum Gasteiger partial charge on any atom is 0.339 e. The molecule has 0 N–H and O–H groups in total. The molecule has 0 unspecified atom stereocenters. The number of imide groups is 1. The number of fused-ring (bicyclic) bond motifs is 1. The molecule has 0 saturated heterocycles. The number of carbonyl (C=O) groups is 3. The number of rotatable bonds is 8. The monoisotopic (exact) mass is 471 g/mol. The van der Waals surface area contributed by atoms with Crippen molar-refractivity contribution >= 4 is 23.5 Å². The van der Waals surface area contributed by atoms with Gasteiger partial charge >= 0.3 is 5.97 Å². The molecule has 6 nitrogen and oxygen atoms in total. The third-order valence-corrected chi connectivity index (χ3v) is 6.03. The van der Waals surface area contributed by atoms with Gasteiger partial charge in [0.1, 0.15) is 19.0 Å². The maximum absolute atomic E-state index is 13.7. The van der Waals surface area contributed by atoms with Crippen LogP contribution in [0.3, 0.4) is 0 Å². The van der Waals surface area contributed by atoms with Crippen LogP contribution in [-0.2, 0) is 4.74 Å². The predicted molar refractivity (Wildman–Crippen MR) is 134 cm³/mol. The first-order valence-electron chi connectivity index (χ1n) is 11.8. The van der Waals surface area contributed by atoms with Crippen molar-refractivity contribution in [1.82, 2.24) is 0 Å². The van der Waals surface area contributed by atoms with E-state index in [1.807, 2.05) is 76.2 Å². The summed E-state index contributed by atoms with van der Waals surface area (Å²) in [7, 11) is 0. The van der Waals surface area contributed by atoms with Crippen LogP contribution in [0.2, 0.25) is 0 Å². The molecule has 180 valence electrons. The summed E-state index contributed by atoms with van der Waals surface area (Å²) in [5.74, 6) is -0.729. The first-order chi connectivity index (χ1) is 16.8. The fraction of sp³-hybridized carbons (Fsp3) is 0.276. The Hall–Kier alpha value is -3.93. The highest BCUT2D eigenvalue weighted by atomic mass is 16.6. The SMILES string of the molecule is CC(C)c1cccc(C(C)C)c1N1C(=O)c2cccc(C(=O)OCCOc3ccccc3)c2C1=O. The van der Waals surface area contributed by atoms with Crippen molar-refractivity contribution in [2.24, 2.45) is 0 Å². The molecule has 0 atom stereocenters. The molecule has 6 heteroatoms. The number of ether oxygens (including phenoxy) is 2. The van der Waals surface area contributed by atoms with Crippen LogP contribution >= 0.6 is 0 Å². The van der Waals surface area contributed by atoms with Crippen LogP contribution in [0.5, 0.6) is 5.75 Å². The molecule has 0 aromatic heterocycles. The summed E-state index contributed by atoms with van der Waals surface area (Å²) in [5, 5.41) is 0. The Morgan fingerprint density at radius 1 is 0.771 bits per heavy atom. The van der Waals surface area contributed by atoms with Gasteiger partial charge in [-0.1, -0.05) is 70.2 Å². The van der Waals surface area contributed by atoms with Gasteiger partial charge in [-0.25, -0.2) is 9.69 Å². The fourth-order valence-corrected chi connectivity index (χ4v) is 4.32. The summed E-state index contributed by atoms with van der Waals surface area (Å²) in [6, 6.07) is 19.7. The molecule has 3 aromatic rings. The summed E-state index contributed by atoms with van der Waals surface area (Å²) in [6.45, 7) is 8.30. The Bertz CT molecular complexity index is 1240. The summed E-state index contributed by atoms with van der Waals surface area (Å²) in [6.07, 6.45) is 0. The normalized spacial score (nSPS) is 12.9. The summed E-state index contributed by atoms with van der Waals surface area (Å²) < 4.78 is 10.9. The van der Waals surface area contributed by atoms with E-state index in [9.17, 15) is 14.4 Å². The number of esters is 1. The van der Waals surface area contributed by atoms with E-state index in [2.05, 4.69) is 0 Å². The van der Waals surface area contributed by atoms with E-state index in [1.165, 1.54) is 11.0 Å². The third-order valence-electron chi connectivity index (χ3n) is 6.03. The lowest BCUT2D eigenvalue weighted by atomic mass is 9.92. The van der Waals surface area contributed by atoms with Gasteiger partial charge in [0, 0.05) is 0 Å². The minimum atomic E-state index is -0.664. The first-order valence-corrected chi connectivity index (χ1v) is 11.8. The lowest BCUT2D eigenvalue weighted by Crippen LogP contribution is -2.32. The standard InChI is InChI=1S/C29H29NO5/c1-18(2)21-12-8-13-22(19(3)4)26(21)30-27(31)23-14-9-15-24(25(23)28(30)32)29(33)35-17-16-34-20-10-6-5-7-11-20/h5-15,18-19H,16-17H2,1-4H3. The van der Waals surface area contributed by atoms with Crippen molar-refractivity contribution in [2.75, 3.05) is 18.1 Å². The van der Waals surface area contributed by atoms with Crippen LogP contribution in [0.4, 0.5) is 5.69 Å². The largest absolute Gasteiger partial charge is 0.490 e. The number of amides is 2. The maximum atomic E-state index is 13.7. The van der Waals surface area contributed by atoms with Crippen molar-refractivity contribution in [3.05, 3.63) is 94.5 Å². The number of hydrogen-bond donors (Lipinski definition) is 0. The van der Waals surface area contributed by atoms with Crippen LogP contribution in [0.1, 0.15) is 81.7 Å². The Balaban J connectivity index is 1.61. The van der Waals surface area contributed by atoms with Crippen molar-refractivity contribution in [1.29, 1.82) is 0 Å². The van der Waals surface area contributed by atoms with Gasteiger partial charge in [0.15, 0.2) is 0 Å². The van der Waals surface area contributed by atoms with E-state index >= 15 is 0 Å². The van der Waals surface area contributed by atoms with Gasteiger partial charge in [0.05, 0.1) is 22.4 Å². The van der Waals surface area contributed by atoms with Gasteiger partial charge in [-0.2, -0.15) is 0 Å². The zero-order chi connectivity index (χ0) is 25.1. The Labute approximate surface area is 205 Å². The zero-order valence-corrected chi connectivity index (χ0v) is 20.4. The minimum absolute atomic E-state index is 0.0108. The molecule has 3 aromatic carbocycles. The molecule has 0 bridgehead atoms. The predicted octanol–water partition coefficient (Wildman–Crippen LogP) is 5.97. The number of nitrogens with zero attached hydrogens (tertiary/aromatic N) is 1. The number of benzene rings is 3. The molecule has 2 amide bonds. The second kappa shape index (κ2) is 10.1. The van der Waals surface area contributed by atoms with Crippen molar-refractivity contribution in [2.45, 2.75) is 39.5 Å². The first kappa shape index (κ1) is 24.2. The van der Waals surface area contributed by atoms with Gasteiger partial charge in [0.2, 0.25) is 0 Å². The third kappa shape index (κ3) is 4.69. The number of para-hydroxylation sites is 2. The molecular formula is C29H29NO5. The smallest absolute Gasteiger partial charge is 0.339 e. The van der Waals surface area contributed by atoms with Crippen molar-refractivity contribution < 1.29 is 23.9 Å². The number of anilines is 1. The highest BCUT2D eigenvalue weighted by Crippen LogP contribution is 2.40. The average Bonchev–Trinajstić information content (AvgIpc) is 3.11. The highest BCUT2D eigenvalue weighted by molar-refractivity contribution is 6.36. The van der Waals surface area contributed by atoms with Crippen molar-refractivity contribution in [3.63, 3.8) is 0 Å². The number of hydrogen-bond acceptors (Lipinski definition) is 5. The van der Waals surface area contributed by atoms with Gasteiger partial charge in [-0.3, -0.25) is 9.59 Å². The minimum Gasteiger partial charge on any atom is -0.490 e. The van der Waals surface area contributed by atoms with E-state index in [0.29, 0.717) is 11.4 Å². The molecule has 0 spiro atoms. The lowest BCUT2D eigenvalue weighted by Gasteiger charge is -2.25. The molecule has 1 aliphatic heterocycles. The van der Waals surface area contributed by atoms with Crippen LogP contribution in [0, 0.1) is 0 Å². The summed E-state index contributed by atoms with van der Waals surface area (Å²) in [4.78, 5) is 41.3. The Morgan fingerprint density at radius 3 is 2.03 bits per heavy atom. The van der Waals surface area contributed by atoms with Crippen LogP contribution in [-0.4, -0.2) is 31.0 Å². The van der Waals surface area contributed by atoms with Gasteiger partial charge in [0.25, 0.3) is 11.8 Å². The lowest BCUT2D eigenvalue weighted by molar-refractivity contribution is 0.0448. The van der Waals surface area contributed by atoms with E-state index in [0.717, 1.165) is 11.1 Å². The van der Waals surface area contributed by atoms with Crippen molar-refractivity contribution in [3.8, 4) is 5.75 Å². The van der Waals surface area contributed by atoms with Crippen LogP contribution in [0.25, 0.3) is 0 Å².